The standard InChI is InChI=1S/C23H28N6OS/c30-22-13-17-15-31-12-8-20(17)27-29(22)11-10-28-9-4-3-5-18(28)14-24-23-19-6-1-2-7-21(19)25-16-26-23/h1-2,6-7,13,16,18H,3-5,8-12,14-15H2,(H,24,25,26). The van der Waals surface area contributed by atoms with E-state index in [-0.39, 0.29) is 5.56 Å². The topological polar surface area (TPSA) is 75.9 Å². The van der Waals surface area contributed by atoms with Crippen molar-refractivity contribution in [1.82, 2.24) is 24.6 Å². The van der Waals surface area contributed by atoms with Crippen LogP contribution in [-0.4, -0.2) is 56.1 Å². The zero-order chi connectivity index (χ0) is 21.0. The highest BCUT2D eigenvalue weighted by Gasteiger charge is 2.23. The zero-order valence-electron chi connectivity index (χ0n) is 17.7. The highest BCUT2D eigenvalue weighted by Crippen LogP contribution is 2.22. The van der Waals surface area contributed by atoms with Gasteiger partial charge in [0.05, 0.1) is 17.8 Å². The molecule has 0 saturated carbocycles. The van der Waals surface area contributed by atoms with E-state index in [4.69, 9.17) is 0 Å². The molecule has 0 aliphatic carbocycles. The minimum absolute atomic E-state index is 0.0281. The van der Waals surface area contributed by atoms with Crippen molar-refractivity contribution in [3.63, 3.8) is 0 Å². The van der Waals surface area contributed by atoms with Gasteiger partial charge in [0.1, 0.15) is 12.1 Å². The lowest BCUT2D eigenvalue weighted by molar-refractivity contribution is 0.148. The Labute approximate surface area is 186 Å². The smallest absolute Gasteiger partial charge is 0.267 e. The molecule has 1 fully saturated rings. The molecule has 1 saturated heterocycles. The fourth-order valence-corrected chi connectivity index (χ4v) is 5.53. The number of hydrogen-bond acceptors (Lipinski definition) is 7. The summed E-state index contributed by atoms with van der Waals surface area (Å²) in [6, 6.07) is 10.3. The number of piperidine rings is 1. The van der Waals surface area contributed by atoms with E-state index in [0.717, 1.165) is 72.0 Å². The maximum atomic E-state index is 12.5. The molecule has 162 valence electrons. The summed E-state index contributed by atoms with van der Waals surface area (Å²) in [6.07, 6.45) is 6.18. The van der Waals surface area contributed by atoms with Crippen molar-refractivity contribution in [3.05, 3.63) is 58.3 Å². The monoisotopic (exact) mass is 436 g/mol. The SMILES string of the molecule is O=c1cc2c(nn1CCN1CCCCC1CNc1ncnc3ccccc13)CCSC2. The summed E-state index contributed by atoms with van der Waals surface area (Å²) in [5, 5.41) is 9.29. The molecule has 2 aliphatic rings. The average molecular weight is 437 g/mol. The first-order valence-electron chi connectivity index (χ1n) is 11.1. The van der Waals surface area contributed by atoms with E-state index in [1.807, 2.05) is 30.0 Å². The maximum absolute atomic E-state index is 12.5. The molecule has 5 rings (SSSR count). The van der Waals surface area contributed by atoms with Crippen LogP contribution in [0.1, 0.15) is 30.5 Å². The molecule has 0 bridgehead atoms. The third kappa shape index (κ3) is 4.60. The molecule has 0 amide bonds. The van der Waals surface area contributed by atoms with Crippen LogP contribution in [0, 0.1) is 0 Å². The number of benzene rings is 1. The quantitative estimate of drug-likeness (QED) is 0.637. The second kappa shape index (κ2) is 9.36. The zero-order valence-corrected chi connectivity index (χ0v) is 18.5. The molecular weight excluding hydrogens is 408 g/mol. The van der Waals surface area contributed by atoms with Gasteiger partial charge in [-0.15, -0.1) is 0 Å². The van der Waals surface area contributed by atoms with Crippen LogP contribution in [-0.2, 0) is 18.7 Å². The van der Waals surface area contributed by atoms with Gasteiger partial charge in [-0.3, -0.25) is 9.69 Å². The predicted molar refractivity (Wildman–Crippen MR) is 126 cm³/mol. The number of nitrogens with zero attached hydrogens (tertiary/aromatic N) is 5. The molecule has 0 spiro atoms. The van der Waals surface area contributed by atoms with Crippen LogP contribution >= 0.6 is 11.8 Å². The van der Waals surface area contributed by atoms with Crippen molar-refractivity contribution in [2.45, 2.75) is 44.0 Å². The Morgan fingerprint density at radius 1 is 1.16 bits per heavy atom. The number of para-hydroxylation sites is 1. The molecule has 1 aromatic carbocycles. The summed E-state index contributed by atoms with van der Waals surface area (Å²) in [7, 11) is 0. The predicted octanol–water partition coefficient (Wildman–Crippen LogP) is 2.94. The Balaban J connectivity index is 1.25. The van der Waals surface area contributed by atoms with E-state index in [9.17, 15) is 4.79 Å². The Morgan fingerprint density at radius 3 is 3.06 bits per heavy atom. The van der Waals surface area contributed by atoms with E-state index in [2.05, 4.69) is 31.3 Å². The largest absolute Gasteiger partial charge is 0.368 e. The summed E-state index contributed by atoms with van der Waals surface area (Å²) in [5.74, 6) is 2.90. The Kier molecular flexibility index (Phi) is 6.18. The molecule has 4 heterocycles. The van der Waals surface area contributed by atoms with E-state index < -0.39 is 0 Å². The summed E-state index contributed by atoms with van der Waals surface area (Å²) in [4.78, 5) is 23.8. The molecule has 2 aliphatic heterocycles. The number of aryl methyl sites for hydroxylation is 1. The van der Waals surface area contributed by atoms with Gasteiger partial charge in [0.2, 0.25) is 0 Å². The first-order chi connectivity index (χ1) is 15.3. The fraction of sp³-hybridized carbons (Fsp3) is 0.478. The van der Waals surface area contributed by atoms with Crippen molar-refractivity contribution >= 4 is 28.5 Å². The van der Waals surface area contributed by atoms with Crippen molar-refractivity contribution < 1.29 is 0 Å². The van der Waals surface area contributed by atoms with Gasteiger partial charge in [-0.2, -0.15) is 16.9 Å². The molecule has 31 heavy (non-hydrogen) atoms. The summed E-state index contributed by atoms with van der Waals surface area (Å²) in [6.45, 7) is 3.39. The lowest BCUT2D eigenvalue weighted by Gasteiger charge is -2.36. The highest BCUT2D eigenvalue weighted by atomic mass is 32.2. The summed E-state index contributed by atoms with van der Waals surface area (Å²) in [5.41, 5.74) is 3.21. The number of nitrogens with one attached hydrogen (secondary N) is 1. The van der Waals surface area contributed by atoms with Gasteiger partial charge in [0, 0.05) is 42.8 Å². The van der Waals surface area contributed by atoms with Crippen LogP contribution in [0.4, 0.5) is 5.82 Å². The third-order valence-electron chi connectivity index (χ3n) is 6.30. The van der Waals surface area contributed by atoms with Crippen LogP contribution in [0.5, 0.6) is 0 Å². The number of likely N-dealkylation sites (tertiary alicyclic amines) is 1. The molecular formula is C23H28N6OS. The van der Waals surface area contributed by atoms with Crippen molar-refractivity contribution in [2.24, 2.45) is 0 Å². The van der Waals surface area contributed by atoms with E-state index >= 15 is 0 Å². The molecule has 1 N–H and O–H groups in total. The Morgan fingerprint density at radius 2 is 2.10 bits per heavy atom. The first kappa shape index (κ1) is 20.5. The minimum atomic E-state index is 0.0281. The van der Waals surface area contributed by atoms with Crippen LogP contribution in [0.25, 0.3) is 10.9 Å². The number of thioether (sulfide) groups is 1. The highest BCUT2D eigenvalue weighted by molar-refractivity contribution is 7.98. The average Bonchev–Trinajstić information content (AvgIpc) is 2.82. The molecule has 8 heteroatoms. The van der Waals surface area contributed by atoms with Gasteiger partial charge in [0.25, 0.3) is 5.56 Å². The molecule has 7 nitrogen and oxygen atoms in total. The van der Waals surface area contributed by atoms with Gasteiger partial charge in [0.15, 0.2) is 0 Å². The van der Waals surface area contributed by atoms with Crippen LogP contribution < -0.4 is 10.9 Å². The van der Waals surface area contributed by atoms with Crippen molar-refractivity contribution in [1.29, 1.82) is 0 Å². The van der Waals surface area contributed by atoms with Gasteiger partial charge in [-0.05, 0) is 42.8 Å². The normalized spacial score (nSPS) is 19.3. The van der Waals surface area contributed by atoms with Gasteiger partial charge >= 0.3 is 0 Å². The second-order valence-electron chi connectivity index (χ2n) is 8.29. The van der Waals surface area contributed by atoms with Crippen molar-refractivity contribution in [2.75, 3.05) is 30.7 Å². The second-order valence-corrected chi connectivity index (χ2v) is 9.39. The van der Waals surface area contributed by atoms with Crippen molar-refractivity contribution in [3.8, 4) is 0 Å². The molecule has 1 unspecified atom stereocenters. The maximum Gasteiger partial charge on any atom is 0.267 e. The number of rotatable bonds is 6. The van der Waals surface area contributed by atoms with Crippen LogP contribution in [0.2, 0.25) is 0 Å². The summed E-state index contributed by atoms with van der Waals surface area (Å²) >= 11 is 1.88. The summed E-state index contributed by atoms with van der Waals surface area (Å²) < 4.78 is 1.67. The third-order valence-corrected chi connectivity index (χ3v) is 7.31. The number of fused-ring (bicyclic) bond motifs is 2. The van der Waals surface area contributed by atoms with Gasteiger partial charge in [-0.25, -0.2) is 14.6 Å². The van der Waals surface area contributed by atoms with E-state index in [1.54, 1.807) is 17.1 Å². The Hall–Kier alpha value is -2.45. The Bertz CT molecular complexity index is 1110. The minimum Gasteiger partial charge on any atom is -0.368 e. The van der Waals surface area contributed by atoms with E-state index in [1.165, 1.54) is 12.8 Å². The van der Waals surface area contributed by atoms with Gasteiger partial charge < -0.3 is 5.32 Å². The first-order valence-corrected chi connectivity index (χ1v) is 12.3. The molecule has 1 atom stereocenters. The lowest BCUT2D eigenvalue weighted by Crippen LogP contribution is -2.45. The van der Waals surface area contributed by atoms with E-state index in [0.29, 0.717) is 12.6 Å². The number of hydrogen-bond donors (Lipinski definition) is 1. The molecule has 2 aromatic heterocycles. The van der Waals surface area contributed by atoms with Crippen LogP contribution in [0.15, 0.2) is 41.5 Å². The number of aromatic nitrogens is 4. The fourth-order valence-electron chi connectivity index (χ4n) is 4.58. The molecule has 0 radical (unpaired) electrons. The van der Waals surface area contributed by atoms with Gasteiger partial charge in [-0.1, -0.05) is 18.6 Å². The van der Waals surface area contributed by atoms with Crippen LogP contribution in [0.3, 0.4) is 0 Å². The number of anilines is 1. The molecule has 3 aromatic rings. The lowest BCUT2D eigenvalue weighted by atomic mass is 10.0.